The lowest BCUT2D eigenvalue weighted by atomic mass is 9.96. The third-order valence-corrected chi connectivity index (χ3v) is 5.42. The molecule has 1 saturated heterocycles. The maximum Gasteiger partial charge on any atom is 0.177 e. The fourth-order valence-corrected chi connectivity index (χ4v) is 3.89. The first-order valence-corrected chi connectivity index (χ1v) is 9.77. The molecule has 0 aliphatic carbocycles. The van der Waals surface area contributed by atoms with Crippen LogP contribution in [0.5, 0.6) is 0 Å². The lowest BCUT2D eigenvalue weighted by molar-refractivity contribution is 0.199. The fourth-order valence-electron chi connectivity index (χ4n) is 3.89. The van der Waals surface area contributed by atoms with Gasteiger partial charge < -0.3 is 0 Å². The van der Waals surface area contributed by atoms with E-state index in [1.165, 1.54) is 0 Å². The first-order valence-electron chi connectivity index (χ1n) is 9.77. The largest absolute Gasteiger partial charge is 0.297 e. The molecule has 0 amide bonds. The second-order valence-electron chi connectivity index (χ2n) is 7.28. The molecule has 0 atom stereocenters. The van der Waals surface area contributed by atoms with Crippen LogP contribution in [0.25, 0.3) is 16.9 Å². The smallest absolute Gasteiger partial charge is 0.177 e. The second kappa shape index (κ2) is 7.48. The van der Waals surface area contributed by atoms with Crippen LogP contribution in [-0.4, -0.2) is 42.8 Å². The Morgan fingerprint density at radius 1 is 0.857 bits per heavy atom. The minimum Gasteiger partial charge on any atom is -0.297 e. The van der Waals surface area contributed by atoms with Gasteiger partial charge in [-0.2, -0.15) is 9.61 Å². The van der Waals surface area contributed by atoms with Gasteiger partial charge in [-0.25, -0.2) is 0 Å². The molecule has 1 aliphatic heterocycles. The van der Waals surface area contributed by atoms with Gasteiger partial charge in [-0.15, -0.1) is 10.2 Å². The highest BCUT2D eigenvalue weighted by Gasteiger charge is 2.25. The van der Waals surface area contributed by atoms with Crippen LogP contribution in [0.1, 0.15) is 30.3 Å². The normalized spacial score (nSPS) is 15.9. The van der Waals surface area contributed by atoms with Crippen LogP contribution in [-0.2, 0) is 6.54 Å². The van der Waals surface area contributed by atoms with E-state index in [2.05, 4.69) is 38.3 Å². The molecule has 0 spiro atoms. The van der Waals surface area contributed by atoms with Gasteiger partial charge in [0.2, 0.25) is 0 Å². The van der Waals surface area contributed by atoms with E-state index in [-0.39, 0.29) is 0 Å². The van der Waals surface area contributed by atoms with Crippen LogP contribution in [0, 0.1) is 0 Å². The predicted molar refractivity (Wildman–Crippen MR) is 108 cm³/mol. The highest BCUT2D eigenvalue weighted by molar-refractivity contribution is 5.59. The summed E-state index contributed by atoms with van der Waals surface area (Å²) in [5.41, 5.74) is 3.99. The van der Waals surface area contributed by atoms with E-state index in [1.54, 1.807) is 0 Å². The molecule has 140 valence electrons. The molecule has 6 heteroatoms. The minimum atomic E-state index is 0.383. The van der Waals surface area contributed by atoms with Gasteiger partial charge in [-0.3, -0.25) is 9.88 Å². The molecule has 1 fully saturated rings. The van der Waals surface area contributed by atoms with Gasteiger partial charge in [0.05, 0.1) is 11.4 Å². The van der Waals surface area contributed by atoms with E-state index in [9.17, 15) is 0 Å². The Morgan fingerprint density at radius 2 is 1.68 bits per heavy atom. The summed E-state index contributed by atoms with van der Waals surface area (Å²) >= 11 is 0. The van der Waals surface area contributed by atoms with Gasteiger partial charge in [0, 0.05) is 24.2 Å². The zero-order chi connectivity index (χ0) is 18.8. The Morgan fingerprint density at radius 3 is 2.46 bits per heavy atom. The van der Waals surface area contributed by atoms with Gasteiger partial charge in [-0.05, 0) is 50.2 Å². The van der Waals surface area contributed by atoms with Crippen LogP contribution in [0.4, 0.5) is 0 Å². The van der Waals surface area contributed by atoms with Gasteiger partial charge >= 0.3 is 0 Å². The average Bonchev–Trinajstić information content (AvgIpc) is 3.19. The SMILES string of the molecule is c1ccc(-c2ccc3nnc(C4CCN(Cc5ccccn5)CC4)n3n2)cc1. The molecule has 0 N–H and O–H groups in total. The third kappa shape index (κ3) is 3.39. The van der Waals surface area contributed by atoms with Crippen LogP contribution in [0.2, 0.25) is 0 Å². The van der Waals surface area contributed by atoms with Crippen molar-refractivity contribution in [2.45, 2.75) is 25.3 Å². The molecular weight excluding hydrogens is 348 g/mol. The summed E-state index contributed by atoms with van der Waals surface area (Å²) in [6.07, 6.45) is 3.98. The second-order valence-corrected chi connectivity index (χ2v) is 7.28. The third-order valence-electron chi connectivity index (χ3n) is 5.42. The quantitative estimate of drug-likeness (QED) is 0.550. The number of hydrogen-bond acceptors (Lipinski definition) is 5. The Balaban J connectivity index is 1.34. The summed E-state index contributed by atoms with van der Waals surface area (Å²) in [6.45, 7) is 2.98. The number of nitrogens with zero attached hydrogens (tertiary/aromatic N) is 6. The van der Waals surface area contributed by atoms with Crippen molar-refractivity contribution in [3.8, 4) is 11.3 Å². The Bertz CT molecular complexity index is 1050. The van der Waals surface area contributed by atoms with Gasteiger partial charge in [0.1, 0.15) is 0 Å². The monoisotopic (exact) mass is 370 g/mol. The van der Waals surface area contributed by atoms with Crippen LogP contribution in [0.15, 0.2) is 66.9 Å². The summed E-state index contributed by atoms with van der Waals surface area (Å²) in [4.78, 5) is 6.91. The zero-order valence-electron chi connectivity index (χ0n) is 15.6. The zero-order valence-corrected chi connectivity index (χ0v) is 15.6. The molecule has 4 heterocycles. The molecule has 28 heavy (non-hydrogen) atoms. The number of likely N-dealkylation sites (tertiary alicyclic amines) is 1. The van der Waals surface area contributed by atoms with E-state index in [4.69, 9.17) is 5.10 Å². The summed E-state index contributed by atoms with van der Waals surface area (Å²) in [5, 5.41) is 13.7. The molecule has 6 nitrogen and oxygen atoms in total. The van der Waals surface area contributed by atoms with Crippen molar-refractivity contribution in [1.82, 2.24) is 29.7 Å². The van der Waals surface area contributed by atoms with E-state index < -0.39 is 0 Å². The number of hydrogen-bond donors (Lipinski definition) is 0. The van der Waals surface area contributed by atoms with Crippen molar-refractivity contribution in [3.63, 3.8) is 0 Å². The number of aromatic nitrogens is 5. The standard InChI is InChI=1S/C22H22N6/c1-2-6-17(7-3-1)20-9-10-21-24-25-22(28(21)26-20)18-11-14-27(15-12-18)16-19-8-4-5-13-23-19/h1-10,13,18H,11-12,14-16H2. The molecule has 0 saturated carbocycles. The van der Waals surface area contributed by atoms with Crippen molar-refractivity contribution in [2.24, 2.45) is 0 Å². The molecule has 1 aromatic carbocycles. The number of fused-ring (bicyclic) bond motifs is 1. The van der Waals surface area contributed by atoms with Crippen LogP contribution < -0.4 is 0 Å². The van der Waals surface area contributed by atoms with E-state index in [0.29, 0.717) is 5.92 Å². The average molecular weight is 370 g/mol. The minimum absolute atomic E-state index is 0.383. The molecule has 1 aliphatic rings. The van der Waals surface area contributed by atoms with Crippen molar-refractivity contribution < 1.29 is 0 Å². The maximum absolute atomic E-state index is 4.84. The van der Waals surface area contributed by atoms with E-state index >= 15 is 0 Å². The Kier molecular flexibility index (Phi) is 4.54. The van der Waals surface area contributed by atoms with Crippen molar-refractivity contribution in [1.29, 1.82) is 0 Å². The fraction of sp³-hybridized carbons (Fsp3) is 0.273. The highest BCUT2D eigenvalue weighted by Crippen LogP contribution is 2.28. The van der Waals surface area contributed by atoms with Gasteiger partial charge in [0.25, 0.3) is 0 Å². The van der Waals surface area contributed by atoms with E-state index in [1.807, 2.05) is 53.2 Å². The molecule has 0 radical (unpaired) electrons. The van der Waals surface area contributed by atoms with Crippen molar-refractivity contribution in [3.05, 3.63) is 78.4 Å². The number of benzene rings is 1. The summed E-state index contributed by atoms with van der Waals surface area (Å²) < 4.78 is 1.93. The summed E-state index contributed by atoms with van der Waals surface area (Å²) in [5.74, 6) is 1.36. The van der Waals surface area contributed by atoms with Crippen LogP contribution >= 0.6 is 0 Å². The van der Waals surface area contributed by atoms with Crippen molar-refractivity contribution >= 4 is 5.65 Å². The maximum atomic E-state index is 4.84. The molecule has 5 rings (SSSR count). The van der Waals surface area contributed by atoms with Crippen LogP contribution in [0.3, 0.4) is 0 Å². The summed E-state index contributed by atoms with van der Waals surface area (Å²) in [7, 11) is 0. The number of pyridine rings is 1. The lowest BCUT2D eigenvalue weighted by Crippen LogP contribution is -2.33. The molecule has 3 aromatic heterocycles. The predicted octanol–water partition coefficient (Wildman–Crippen LogP) is 3.57. The molecule has 0 unspecified atom stereocenters. The van der Waals surface area contributed by atoms with E-state index in [0.717, 1.165) is 60.9 Å². The Hall–Kier alpha value is -3.12. The van der Waals surface area contributed by atoms with Gasteiger partial charge in [0.15, 0.2) is 11.5 Å². The van der Waals surface area contributed by atoms with Crippen molar-refractivity contribution in [2.75, 3.05) is 13.1 Å². The molecule has 4 aromatic rings. The lowest BCUT2D eigenvalue weighted by Gasteiger charge is -2.30. The number of piperidine rings is 1. The topological polar surface area (TPSA) is 59.2 Å². The first kappa shape index (κ1) is 17.0. The van der Waals surface area contributed by atoms with Gasteiger partial charge in [-0.1, -0.05) is 36.4 Å². The number of rotatable bonds is 4. The molecule has 0 bridgehead atoms. The Labute approximate surface area is 163 Å². The summed E-state index contributed by atoms with van der Waals surface area (Å²) in [6, 6.07) is 20.4. The first-order chi connectivity index (χ1) is 13.9. The molecular formula is C22H22N6. The highest BCUT2D eigenvalue weighted by atomic mass is 15.4.